The summed E-state index contributed by atoms with van der Waals surface area (Å²) in [5.41, 5.74) is -3.59. The van der Waals surface area contributed by atoms with Gasteiger partial charge in [0.25, 0.3) is 11.1 Å². The zero-order chi connectivity index (χ0) is 64.1. The molecule has 21 heteroatoms. The van der Waals surface area contributed by atoms with Crippen LogP contribution in [0.15, 0.2) is 201 Å². The maximum absolute atomic E-state index is 13.0. The molecule has 8 aromatic rings. The third kappa shape index (κ3) is 13.1. The molecule has 0 bridgehead atoms. The van der Waals surface area contributed by atoms with Gasteiger partial charge in [-0.15, -0.1) is 0 Å². The first kappa shape index (κ1) is 65.2. The lowest BCUT2D eigenvalue weighted by Crippen LogP contribution is -2.55. The lowest BCUT2D eigenvalue weighted by Gasteiger charge is -2.43. The van der Waals surface area contributed by atoms with E-state index < -0.39 is 90.1 Å². The highest BCUT2D eigenvalue weighted by Gasteiger charge is 2.59. The van der Waals surface area contributed by atoms with E-state index in [0.29, 0.717) is 23.0 Å². The fraction of sp³-hybridized carbons (Fsp3) is 0.353. The van der Waals surface area contributed by atoms with Crippen molar-refractivity contribution in [2.75, 3.05) is 41.7 Å². The third-order valence-corrected chi connectivity index (χ3v) is 21.6. The lowest BCUT2D eigenvalue weighted by atomic mass is 9.80. The van der Waals surface area contributed by atoms with E-state index in [4.69, 9.17) is 42.3 Å². The maximum atomic E-state index is 13.0. The van der Waals surface area contributed by atoms with Crippen molar-refractivity contribution in [1.82, 2.24) is 19.1 Å². The zero-order valence-corrected chi connectivity index (χ0v) is 52.7. The standard InChI is InChI=1S/C37H46N2O8Si.C31H32N2O8/c1-35(2,3)48(7,8)47-32-30(46-33(36(32,4)42)39-23-22-31(40)38-34(39)41)24-45-37(25-12-10-9-11-13-25,26-14-18-28(43-5)19-15-26)27-16-20-29(44-6)21-17-27;1-30(37)27(35)25(41-28(30)33-18-17-26(34)32-29(33)36)19-40-31(20-7-5-4-6-8-20,21-9-13-23(38-2)14-10-21)22-11-15-24(39-3)16-12-22/h9-23,30,32-33,42H,24H2,1-8H3,(H,38,40,41);4-18,25,27-28,35,37H,19H2,1-3H3,(H,32,34,36). The van der Waals surface area contributed by atoms with Crippen molar-refractivity contribution in [3.8, 4) is 23.0 Å². The number of aliphatic hydroxyl groups excluding tert-OH is 1. The second-order valence-corrected chi connectivity index (χ2v) is 28.7. The summed E-state index contributed by atoms with van der Waals surface area (Å²) >= 11 is 0. The van der Waals surface area contributed by atoms with E-state index >= 15 is 0 Å². The molecule has 470 valence electrons. The van der Waals surface area contributed by atoms with Crippen LogP contribution in [0, 0.1) is 0 Å². The molecular weight excluding hydrogens is 1160 g/mol. The molecule has 0 amide bonds. The smallest absolute Gasteiger partial charge is 0.330 e. The molecule has 8 unspecified atom stereocenters. The number of nitrogens with zero attached hydrogens (tertiary/aromatic N) is 2. The Hall–Kier alpha value is -8.22. The molecule has 0 saturated carbocycles. The van der Waals surface area contributed by atoms with Crippen LogP contribution < -0.4 is 41.4 Å². The van der Waals surface area contributed by atoms with Gasteiger partial charge in [0, 0.05) is 24.5 Å². The van der Waals surface area contributed by atoms with E-state index in [1.807, 2.05) is 158 Å². The Morgan fingerprint density at radius 3 is 1.12 bits per heavy atom. The first-order valence-corrected chi connectivity index (χ1v) is 32.0. The Balaban J connectivity index is 0.000000214. The minimum Gasteiger partial charge on any atom is -0.497 e. The van der Waals surface area contributed by atoms with Gasteiger partial charge in [0.05, 0.1) is 41.7 Å². The lowest BCUT2D eigenvalue weighted by molar-refractivity contribution is -0.107. The largest absolute Gasteiger partial charge is 0.497 e. The average Bonchev–Trinajstić information content (AvgIpc) is 1.86. The van der Waals surface area contributed by atoms with E-state index in [0.717, 1.165) is 44.0 Å². The van der Waals surface area contributed by atoms with Crippen molar-refractivity contribution in [2.45, 2.75) is 112 Å². The summed E-state index contributed by atoms with van der Waals surface area (Å²) in [6.45, 7) is 13.3. The summed E-state index contributed by atoms with van der Waals surface area (Å²) in [5, 5.41) is 34.4. The van der Waals surface area contributed by atoms with Crippen LogP contribution in [-0.2, 0) is 34.6 Å². The maximum Gasteiger partial charge on any atom is 0.330 e. The topological polar surface area (TPSA) is 253 Å². The predicted molar refractivity (Wildman–Crippen MR) is 336 cm³/mol. The summed E-state index contributed by atoms with van der Waals surface area (Å²) in [6, 6.07) is 52.2. The fourth-order valence-electron chi connectivity index (χ4n) is 11.2. The van der Waals surface area contributed by atoms with Crippen LogP contribution in [0.2, 0.25) is 18.1 Å². The molecule has 2 aliphatic heterocycles. The van der Waals surface area contributed by atoms with Gasteiger partial charge < -0.3 is 57.6 Å². The quantitative estimate of drug-likeness (QED) is 0.0356. The summed E-state index contributed by atoms with van der Waals surface area (Å²) < 4.78 is 57.4. The number of H-pyrrole nitrogens is 2. The molecule has 2 fully saturated rings. The molecular formula is C68H78N4O16Si. The van der Waals surface area contributed by atoms with Gasteiger partial charge in [0.15, 0.2) is 20.8 Å². The molecule has 0 aliphatic carbocycles. The number of benzene rings is 6. The monoisotopic (exact) mass is 1230 g/mol. The van der Waals surface area contributed by atoms with Crippen LogP contribution >= 0.6 is 0 Å². The van der Waals surface area contributed by atoms with Crippen molar-refractivity contribution in [3.63, 3.8) is 0 Å². The molecule has 89 heavy (non-hydrogen) atoms. The van der Waals surface area contributed by atoms with Gasteiger partial charge in [-0.05, 0) is 114 Å². The zero-order valence-electron chi connectivity index (χ0n) is 51.7. The minimum atomic E-state index is -2.51. The SMILES string of the molecule is COc1ccc(C(OCC2OC(n3ccc(=O)[nH]c3=O)C(C)(O)C2O)(c2ccccc2)c2ccc(OC)cc2)cc1.COc1ccc(C(OCC2OC(n3ccc(=O)[nH]c3=O)C(C)(O)C2O[Si](C)(C)C(C)(C)C)(c2ccccc2)c2ccc(OC)cc2)cc1. The molecule has 2 saturated heterocycles. The number of nitrogens with one attached hydrogen (secondary N) is 2. The van der Waals surface area contributed by atoms with E-state index in [2.05, 4.69) is 43.8 Å². The Morgan fingerprint density at radius 1 is 0.483 bits per heavy atom. The van der Waals surface area contributed by atoms with Crippen LogP contribution in [0.1, 0.15) is 80.5 Å². The summed E-state index contributed by atoms with van der Waals surface area (Å²) in [5.74, 6) is 2.74. The first-order valence-electron chi connectivity index (χ1n) is 29.1. The molecule has 10 rings (SSSR count). The van der Waals surface area contributed by atoms with Crippen molar-refractivity contribution in [2.24, 2.45) is 0 Å². The third-order valence-electron chi connectivity index (χ3n) is 17.2. The second-order valence-electron chi connectivity index (χ2n) is 23.9. The molecule has 4 heterocycles. The van der Waals surface area contributed by atoms with Gasteiger partial charge in [0.2, 0.25) is 0 Å². The number of methoxy groups -OCH3 is 4. The van der Waals surface area contributed by atoms with E-state index in [1.165, 1.54) is 30.0 Å². The second kappa shape index (κ2) is 26.5. The van der Waals surface area contributed by atoms with Gasteiger partial charge in [-0.2, -0.15) is 0 Å². The predicted octanol–water partition coefficient (Wildman–Crippen LogP) is 8.17. The number of aromatic amines is 2. The van der Waals surface area contributed by atoms with Gasteiger partial charge in [-0.3, -0.25) is 28.7 Å². The van der Waals surface area contributed by atoms with Crippen molar-refractivity contribution >= 4 is 8.32 Å². The molecule has 2 aliphatic rings. The Labute approximate surface area is 516 Å². The van der Waals surface area contributed by atoms with Gasteiger partial charge >= 0.3 is 11.4 Å². The Bertz CT molecular complexity index is 3790. The van der Waals surface area contributed by atoms with Crippen molar-refractivity contribution in [3.05, 3.63) is 257 Å². The molecule has 6 aromatic carbocycles. The highest BCUT2D eigenvalue weighted by Crippen LogP contribution is 2.49. The molecule has 2 aromatic heterocycles. The first-order chi connectivity index (χ1) is 42.3. The van der Waals surface area contributed by atoms with Crippen molar-refractivity contribution < 1.29 is 57.6 Å². The van der Waals surface area contributed by atoms with Gasteiger partial charge in [-0.25, -0.2) is 9.59 Å². The minimum absolute atomic E-state index is 0.0308. The van der Waals surface area contributed by atoms with E-state index in [1.54, 1.807) is 35.4 Å². The highest BCUT2D eigenvalue weighted by atomic mass is 28.4. The fourth-order valence-corrected chi connectivity index (χ4v) is 12.6. The van der Waals surface area contributed by atoms with E-state index in [9.17, 15) is 34.5 Å². The number of hydrogen-bond acceptors (Lipinski definition) is 16. The summed E-state index contributed by atoms with van der Waals surface area (Å²) in [4.78, 5) is 53.4. The van der Waals surface area contributed by atoms with Gasteiger partial charge in [0.1, 0.15) is 69.8 Å². The normalized spacial score (nSPS) is 22.0. The van der Waals surface area contributed by atoms with Crippen LogP contribution in [-0.4, -0.2) is 120 Å². The number of aliphatic hydroxyl groups is 3. The molecule has 8 atom stereocenters. The van der Waals surface area contributed by atoms with E-state index in [-0.39, 0.29) is 18.3 Å². The van der Waals surface area contributed by atoms with Crippen molar-refractivity contribution in [1.29, 1.82) is 0 Å². The van der Waals surface area contributed by atoms with Crippen LogP contribution in [0.4, 0.5) is 0 Å². The Kier molecular flexibility index (Phi) is 19.4. The number of rotatable bonds is 20. The van der Waals surface area contributed by atoms with Crippen LogP contribution in [0.5, 0.6) is 23.0 Å². The highest BCUT2D eigenvalue weighted by molar-refractivity contribution is 6.74. The van der Waals surface area contributed by atoms with Gasteiger partial charge in [-0.1, -0.05) is 130 Å². The van der Waals surface area contributed by atoms with Crippen LogP contribution in [0.3, 0.4) is 0 Å². The number of ether oxygens (including phenoxy) is 8. The average molecular weight is 1240 g/mol. The van der Waals surface area contributed by atoms with Crippen LogP contribution in [0.25, 0.3) is 0 Å². The summed E-state index contributed by atoms with van der Waals surface area (Å²) in [7, 11) is 3.91. The Morgan fingerprint density at radius 2 is 0.798 bits per heavy atom. The number of hydrogen-bond donors (Lipinski definition) is 5. The molecule has 20 nitrogen and oxygen atoms in total. The summed E-state index contributed by atoms with van der Waals surface area (Å²) in [6.07, 6.45) is -4.06. The number of aromatic nitrogens is 4. The molecule has 0 spiro atoms. The molecule has 5 N–H and O–H groups in total. The molecule has 0 radical (unpaired) electrons.